The third-order valence-electron chi connectivity index (χ3n) is 4.33. The molecule has 3 N–H and O–H groups in total. The fraction of sp³-hybridized carbons (Fsp3) is 0.588. The van der Waals surface area contributed by atoms with Gasteiger partial charge in [-0.1, -0.05) is 25.7 Å². The molecule has 0 aliphatic heterocycles. The molecular formula is C17H26N4O5S. The average molecular weight is 398 g/mol. The van der Waals surface area contributed by atoms with Crippen LogP contribution in [0.5, 0.6) is 0 Å². The summed E-state index contributed by atoms with van der Waals surface area (Å²) in [4.78, 5) is 22.0. The van der Waals surface area contributed by atoms with Crippen molar-refractivity contribution in [3.05, 3.63) is 28.3 Å². The molecule has 1 saturated carbocycles. The Bertz CT molecular complexity index is 787. The molecule has 150 valence electrons. The van der Waals surface area contributed by atoms with Crippen LogP contribution in [0.4, 0.5) is 16.2 Å². The van der Waals surface area contributed by atoms with Gasteiger partial charge in [0.05, 0.1) is 10.6 Å². The maximum absolute atomic E-state index is 12.7. The van der Waals surface area contributed by atoms with E-state index in [0.29, 0.717) is 0 Å². The van der Waals surface area contributed by atoms with E-state index in [1.807, 2.05) is 4.72 Å². The Hall–Kier alpha value is -2.36. The van der Waals surface area contributed by atoms with Crippen LogP contribution in [0.1, 0.15) is 52.4 Å². The highest BCUT2D eigenvalue weighted by Crippen LogP contribution is 2.29. The van der Waals surface area contributed by atoms with Crippen LogP contribution in [0.15, 0.2) is 23.1 Å². The van der Waals surface area contributed by atoms with Crippen molar-refractivity contribution in [2.45, 2.75) is 69.4 Å². The first-order valence-corrected chi connectivity index (χ1v) is 10.6. The molecule has 2 rings (SSSR count). The van der Waals surface area contributed by atoms with E-state index in [9.17, 15) is 23.3 Å². The Morgan fingerprint density at radius 3 is 2.37 bits per heavy atom. The minimum atomic E-state index is -4.28. The van der Waals surface area contributed by atoms with Gasteiger partial charge in [-0.15, -0.1) is 0 Å². The number of nitro benzene ring substituents is 1. The SMILES string of the molecule is CC(C)NC(=O)NS(=O)(=O)c1cc([N+](=O)[O-])ccc1NC1CCCCCC1. The number of amides is 2. The minimum absolute atomic E-state index is 0.0902. The van der Waals surface area contributed by atoms with Crippen LogP contribution < -0.4 is 15.4 Å². The van der Waals surface area contributed by atoms with Gasteiger partial charge in [-0.3, -0.25) is 10.1 Å². The van der Waals surface area contributed by atoms with Crippen molar-refractivity contribution in [2.75, 3.05) is 5.32 Å². The molecule has 1 aromatic carbocycles. The lowest BCUT2D eigenvalue weighted by molar-refractivity contribution is -0.385. The third-order valence-corrected chi connectivity index (χ3v) is 5.70. The lowest BCUT2D eigenvalue weighted by Crippen LogP contribution is -2.42. The Morgan fingerprint density at radius 1 is 1.19 bits per heavy atom. The first-order chi connectivity index (χ1) is 12.7. The monoisotopic (exact) mass is 398 g/mol. The summed E-state index contributed by atoms with van der Waals surface area (Å²) in [6, 6.07) is 2.58. The Morgan fingerprint density at radius 2 is 1.81 bits per heavy atom. The fourth-order valence-corrected chi connectivity index (χ4v) is 4.18. The van der Waals surface area contributed by atoms with Crippen LogP contribution in [-0.4, -0.2) is 31.5 Å². The summed E-state index contributed by atoms with van der Waals surface area (Å²) in [6.07, 6.45) is 6.17. The van der Waals surface area contributed by atoms with Gasteiger partial charge in [-0.05, 0) is 32.8 Å². The first-order valence-electron chi connectivity index (χ1n) is 9.07. The number of urea groups is 1. The van der Waals surface area contributed by atoms with Gasteiger partial charge in [-0.2, -0.15) is 0 Å². The zero-order valence-corrected chi connectivity index (χ0v) is 16.3. The molecule has 1 aliphatic carbocycles. The standard InChI is InChI=1S/C17H26N4O5S/c1-12(2)18-17(22)20-27(25,26)16-11-14(21(23)24)9-10-15(16)19-13-7-5-3-4-6-8-13/h9-13,19H,3-8H2,1-2H3,(H2,18,20,22). The zero-order valence-electron chi connectivity index (χ0n) is 15.5. The molecule has 0 radical (unpaired) electrons. The van der Waals surface area contributed by atoms with Crippen molar-refractivity contribution in [3.8, 4) is 0 Å². The molecule has 0 bridgehead atoms. The van der Waals surface area contributed by atoms with E-state index in [1.165, 1.54) is 12.1 Å². The summed E-state index contributed by atoms with van der Waals surface area (Å²) >= 11 is 0. The smallest absolute Gasteiger partial charge is 0.328 e. The highest BCUT2D eigenvalue weighted by molar-refractivity contribution is 7.90. The Kier molecular flexibility index (Phi) is 7.00. The number of benzene rings is 1. The van der Waals surface area contributed by atoms with Gasteiger partial charge >= 0.3 is 6.03 Å². The number of nitro groups is 1. The second-order valence-corrected chi connectivity index (χ2v) is 8.65. The normalized spacial score (nSPS) is 15.8. The molecule has 0 atom stereocenters. The lowest BCUT2D eigenvalue weighted by Gasteiger charge is -2.20. The summed E-state index contributed by atoms with van der Waals surface area (Å²) in [5.74, 6) is 0. The predicted octanol–water partition coefficient (Wildman–Crippen LogP) is 3.13. The average Bonchev–Trinajstić information content (AvgIpc) is 2.82. The Labute approximate surface area is 159 Å². The quantitative estimate of drug-likeness (QED) is 0.383. The van der Waals surface area contributed by atoms with Gasteiger partial charge in [-0.25, -0.2) is 17.9 Å². The van der Waals surface area contributed by atoms with Gasteiger partial charge in [0.25, 0.3) is 15.7 Å². The van der Waals surface area contributed by atoms with Crippen molar-refractivity contribution in [1.82, 2.24) is 10.0 Å². The van der Waals surface area contributed by atoms with Crippen molar-refractivity contribution in [3.63, 3.8) is 0 Å². The maximum Gasteiger partial charge on any atom is 0.328 e. The van der Waals surface area contributed by atoms with Gasteiger partial charge < -0.3 is 10.6 Å². The van der Waals surface area contributed by atoms with Crippen LogP contribution in [0.3, 0.4) is 0 Å². The minimum Gasteiger partial charge on any atom is -0.381 e. The number of sulfonamides is 1. The number of hydrogen-bond donors (Lipinski definition) is 3. The summed E-state index contributed by atoms with van der Waals surface area (Å²) in [5.41, 5.74) is -0.0941. The topological polar surface area (TPSA) is 130 Å². The number of nitrogens with zero attached hydrogens (tertiary/aromatic N) is 1. The molecule has 0 heterocycles. The van der Waals surface area contributed by atoms with E-state index in [0.717, 1.165) is 44.6 Å². The summed E-state index contributed by atoms with van der Waals surface area (Å²) in [6.45, 7) is 3.39. The van der Waals surface area contributed by atoms with E-state index >= 15 is 0 Å². The first kappa shape index (κ1) is 20.9. The molecule has 0 spiro atoms. The van der Waals surface area contributed by atoms with Gasteiger partial charge in [0.2, 0.25) is 0 Å². The van der Waals surface area contributed by atoms with Crippen LogP contribution in [0.25, 0.3) is 0 Å². The van der Waals surface area contributed by atoms with E-state index in [1.54, 1.807) is 13.8 Å². The van der Waals surface area contributed by atoms with Crippen LogP contribution in [0, 0.1) is 10.1 Å². The molecule has 0 unspecified atom stereocenters. The van der Waals surface area contributed by atoms with E-state index in [-0.39, 0.29) is 28.4 Å². The lowest BCUT2D eigenvalue weighted by atomic mass is 10.1. The number of anilines is 1. The molecule has 0 aromatic heterocycles. The van der Waals surface area contributed by atoms with Crippen molar-refractivity contribution >= 4 is 27.4 Å². The van der Waals surface area contributed by atoms with E-state index < -0.39 is 21.0 Å². The number of carbonyl (C=O) groups is 1. The molecule has 0 saturated heterocycles. The van der Waals surface area contributed by atoms with Crippen molar-refractivity contribution in [2.24, 2.45) is 0 Å². The number of nitrogens with one attached hydrogen (secondary N) is 3. The molecule has 27 heavy (non-hydrogen) atoms. The fourth-order valence-electron chi connectivity index (χ4n) is 3.08. The summed E-state index contributed by atoms with van der Waals surface area (Å²) in [7, 11) is -4.28. The Balaban J connectivity index is 2.33. The van der Waals surface area contributed by atoms with Gasteiger partial charge in [0.1, 0.15) is 4.90 Å². The molecule has 1 aromatic rings. The number of rotatable bonds is 6. The highest BCUT2D eigenvalue weighted by atomic mass is 32.2. The molecule has 1 aliphatic rings. The van der Waals surface area contributed by atoms with E-state index in [4.69, 9.17) is 0 Å². The van der Waals surface area contributed by atoms with Gasteiger partial charge in [0.15, 0.2) is 0 Å². The van der Waals surface area contributed by atoms with Gasteiger partial charge in [0, 0.05) is 24.2 Å². The van der Waals surface area contributed by atoms with Crippen LogP contribution >= 0.6 is 0 Å². The number of hydrogen-bond acceptors (Lipinski definition) is 6. The molecule has 2 amide bonds. The van der Waals surface area contributed by atoms with Crippen molar-refractivity contribution < 1.29 is 18.1 Å². The van der Waals surface area contributed by atoms with E-state index in [2.05, 4.69) is 10.6 Å². The maximum atomic E-state index is 12.7. The second kappa shape index (κ2) is 9.03. The second-order valence-electron chi connectivity index (χ2n) is 7.00. The van der Waals surface area contributed by atoms with Crippen LogP contribution in [-0.2, 0) is 10.0 Å². The predicted molar refractivity (Wildman–Crippen MR) is 102 cm³/mol. The molecule has 10 heteroatoms. The molecular weight excluding hydrogens is 372 g/mol. The third kappa shape index (κ3) is 6.09. The zero-order chi connectivity index (χ0) is 20.0. The summed E-state index contributed by atoms with van der Waals surface area (Å²) < 4.78 is 27.3. The molecule has 1 fully saturated rings. The van der Waals surface area contributed by atoms with Crippen LogP contribution in [0.2, 0.25) is 0 Å². The largest absolute Gasteiger partial charge is 0.381 e. The number of non-ortho nitro benzene ring substituents is 1. The van der Waals surface area contributed by atoms with Crippen molar-refractivity contribution in [1.29, 1.82) is 0 Å². The number of carbonyl (C=O) groups excluding carboxylic acids is 1. The molecule has 9 nitrogen and oxygen atoms in total. The summed E-state index contributed by atoms with van der Waals surface area (Å²) in [5, 5.41) is 16.7. The highest BCUT2D eigenvalue weighted by Gasteiger charge is 2.26.